The lowest BCUT2D eigenvalue weighted by Crippen LogP contribution is -2.45. The topological polar surface area (TPSA) is 62.6 Å². The molecule has 0 bridgehead atoms. The molecule has 8 heteroatoms. The molecule has 29 heavy (non-hydrogen) atoms. The third-order valence-corrected chi connectivity index (χ3v) is 5.38. The summed E-state index contributed by atoms with van der Waals surface area (Å²) >= 11 is 0. The summed E-state index contributed by atoms with van der Waals surface area (Å²) in [6.07, 6.45) is 0.310. The fourth-order valence-electron chi connectivity index (χ4n) is 4.18. The minimum atomic E-state index is -3.16. The summed E-state index contributed by atoms with van der Waals surface area (Å²) in [6.45, 7) is 0.208. The molecule has 1 aromatic heterocycles. The van der Waals surface area contributed by atoms with E-state index in [0.717, 1.165) is 0 Å². The van der Waals surface area contributed by atoms with Crippen LogP contribution >= 0.6 is 0 Å². The van der Waals surface area contributed by atoms with Gasteiger partial charge in [0.2, 0.25) is 5.91 Å². The molecule has 2 aromatic rings. The molecule has 0 unspecified atom stereocenters. The van der Waals surface area contributed by atoms with E-state index in [2.05, 4.69) is 9.98 Å². The van der Waals surface area contributed by atoms with E-state index in [0.29, 0.717) is 5.69 Å². The Morgan fingerprint density at radius 3 is 2.69 bits per heavy atom. The highest BCUT2D eigenvalue weighted by atomic mass is 19.3. The van der Waals surface area contributed by atoms with Gasteiger partial charge >= 0.3 is 0 Å². The van der Waals surface area contributed by atoms with E-state index in [1.807, 2.05) is 0 Å². The molecule has 150 valence electrons. The van der Waals surface area contributed by atoms with Crippen LogP contribution in [0.3, 0.4) is 0 Å². The number of pyridine rings is 1. The van der Waals surface area contributed by atoms with Crippen molar-refractivity contribution in [3.8, 4) is 0 Å². The van der Waals surface area contributed by atoms with Crippen molar-refractivity contribution in [1.82, 2.24) is 4.98 Å². The summed E-state index contributed by atoms with van der Waals surface area (Å²) in [5.74, 6) is -4.86. The first kappa shape index (κ1) is 19.3. The molecule has 4 rings (SSSR count). The van der Waals surface area contributed by atoms with Gasteiger partial charge in [0, 0.05) is 43.4 Å². The second kappa shape index (κ2) is 7.09. The standard InChI is InChI=1S/C21H18F3N3O2/c22-14-4-3-5-16(10-14)27-9-7-20(19(27)29)11-15(12-21(23,24)13-20)26-18(28)17-6-1-2-8-25-17/h1-6,8,10H,7,9,11-13H2/t20-/m0/s1. The van der Waals surface area contributed by atoms with Crippen LogP contribution in [0.2, 0.25) is 0 Å². The Bertz CT molecular complexity index is 994. The Labute approximate surface area is 165 Å². The quantitative estimate of drug-likeness (QED) is 0.763. The van der Waals surface area contributed by atoms with E-state index in [1.165, 1.54) is 35.4 Å². The molecule has 2 heterocycles. The summed E-state index contributed by atoms with van der Waals surface area (Å²) in [5.41, 5.74) is -0.964. The normalized spacial score (nSPS) is 25.0. The molecule has 5 nitrogen and oxygen atoms in total. The van der Waals surface area contributed by atoms with Gasteiger partial charge in [-0.25, -0.2) is 18.2 Å². The molecule has 1 spiro atoms. The van der Waals surface area contributed by atoms with Gasteiger partial charge in [-0.3, -0.25) is 14.6 Å². The minimum absolute atomic E-state index is 0.00801. The van der Waals surface area contributed by atoms with Crippen molar-refractivity contribution in [3.63, 3.8) is 0 Å². The summed E-state index contributed by atoms with van der Waals surface area (Å²) in [7, 11) is 0. The molecule has 1 aliphatic heterocycles. The highest BCUT2D eigenvalue weighted by molar-refractivity contribution is 6.07. The molecular formula is C21H18F3N3O2. The van der Waals surface area contributed by atoms with Gasteiger partial charge in [-0.05, 0) is 36.8 Å². The third-order valence-electron chi connectivity index (χ3n) is 5.38. The van der Waals surface area contributed by atoms with Crippen LogP contribution < -0.4 is 4.90 Å². The first-order valence-electron chi connectivity index (χ1n) is 9.25. The Hall–Kier alpha value is -3.03. The predicted molar refractivity (Wildman–Crippen MR) is 101 cm³/mol. The van der Waals surface area contributed by atoms with Crippen LogP contribution in [0.4, 0.5) is 18.9 Å². The van der Waals surface area contributed by atoms with E-state index < -0.39 is 41.8 Å². The fraction of sp³-hybridized carbons (Fsp3) is 0.333. The number of aliphatic imine (C=N–C) groups is 1. The van der Waals surface area contributed by atoms with Crippen LogP contribution in [0.25, 0.3) is 0 Å². The number of rotatable bonds is 2. The second-order valence-corrected chi connectivity index (χ2v) is 7.55. The summed E-state index contributed by atoms with van der Waals surface area (Å²) in [5, 5.41) is 0. The largest absolute Gasteiger partial charge is 0.312 e. The van der Waals surface area contributed by atoms with Gasteiger partial charge < -0.3 is 4.90 Å². The van der Waals surface area contributed by atoms with Crippen molar-refractivity contribution in [2.75, 3.05) is 11.4 Å². The maximum Gasteiger partial charge on any atom is 0.295 e. The van der Waals surface area contributed by atoms with Crippen LogP contribution in [0.15, 0.2) is 53.7 Å². The smallest absolute Gasteiger partial charge is 0.295 e. The molecule has 1 saturated carbocycles. The Kier molecular flexibility index (Phi) is 4.72. The average molecular weight is 401 g/mol. The maximum absolute atomic E-state index is 14.5. The maximum atomic E-state index is 14.5. The minimum Gasteiger partial charge on any atom is -0.312 e. The van der Waals surface area contributed by atoms with Crippen molar-refractivity contribution in [3.05, 3.63) is 60.2 Å². The lowest BCUT2D eigenvalue weighted by Gasteiger charge is -2.37. The van der Waals surface area contributed by atoms with Gasteiger partial charge in [-0.15, -0.1) is 0 Å². The van der Waals surface area contributed by atoms with Crippen LogP contribution in [-0.4, -0.2) is 35.0 Å². The van der Waals surface area contributed by atoms with Gasteiger partial charge in [-0.2, -0.15) is 0 Å². The molecule has 2 aliphatic rings. The molecule has 1 atom stereocenters. The second-order valence-electron chi connectivity index (χ2n) is 7.55. The van der Waals surface area contributed by atoms with Gasteiger partial charge in [-0.1, -0.05) is 12.1 Å². The number of carbonyl (C=O) groups excluding carboxylic acids is 2. The van der Waals surface area contributed by atoms with E-state index >= 15 is 0 Å². The predicted octanol–water partition coefficient (Wildman–Crippen LogP) is 4.04. The van der Waals surface area contributed by atoms with Gasteiger partial charge in [0.25, 0.3) is 11.8 Å². The van der Waals surface area contributed by atoms with Gasteiger partial charge in [0.1, 0.15) is 11.5 Å². The number of benzene rings is 1. The van der Waals surface area contributed by atoms with Gasteiger partial charge in [0.15, 0.2) is 0 Å². The molecule has 1 aromatic carbocycles. The highest BCUT2D eigenvalue weighted by Gasteiger charge is 2.56. The number of carbonyl (C=O) groups is 2. The van der Waals surface area contributed by atoms with E-state index in [4.69, 9.17) is 0 Å². The Balaban J connectivity index is 1.63. The van der Waals surface area contributed by atoms with E-state index in [-0.39, 0.29) is 30.8 Å². The van der Waals surface area contributed by atoms with Crippen molar-refractivity contribution >= 4 is 23.2 Å². The molecule has 2 amide bonds. The first-order chi connectivity index (χ1) is 13.8. The zero-order chi connectivity index (χ0) is 20.6. The fourth-order valence-corrected chi connectivity index (χ4v) is 4.18. The summed E-state index contributed by atoms with van der Waals surface area (Å²) in [4.78, 5) is 34.5. The Morgan fingerprint density at radius 2 is 1.97 bits per heavy atom. The van der Waals surface area contributed by atoms with Gasteiger partial charge in [0.05, 0.1) is 5.41 Å². The SMILES string of the molecule is O=C(N=C1CC(F)(F)C[C@]2(CCN(c3cccc(F)c3)C2=O)C1)c1ccccn1. The zero-order valence-corrected chi connectivity index (χ0v) is 15.4. The highest BCUT2D eigenvalue weighted by Crippen LogP contribution is 2.50. The molecule has 1 aliphatic carbocycles. The van der Waals surface area contributed by atoms with Crippen LogP contribution in [0, 0.1) is 11.2 Å². The number of alkyl halides is 2. The number of hydrogen-bond acceptors (Lipinski definition) is 3. The van der Waals surface area contributed by atoms with Crippen molar-refractivity contribution in [1.29, 1.82) is 0 Å². The molecule has 0 radical (unpaired) electrons. The monoisotopic (exact) mass is 401 g/mol. The van der Waals surface area contributed by atoms with Crippen molar-refractivity contribution in [2.24, 2.45) is 10.4 Å². The summed E-state index contributed by atoms with van der Waals surface area (Å²) in [6, 6.07) is 10.2. The van der Waals surface area contributed by atoms with E-state index in [9.17, 15) is 22.8 Å². The number of amides is 2. The number of halogens is 3. The zero-order valence-electron chi connectivity index (χ0n) is 15.4. The van der Waals surface area contributed by atoms with Crippen molar-refractivity contribution < 1.29 is 22.8 Å². The lowest BCUT2D eigenvalue weighted by molar-refractivity contribution is -0.132. The lowest BCUT2D eigenvalue weighted by atomic mass is 9.70. The molecule has 1 saturated heterocycles. The number of aromatic nitrogens is 1. The van der Waals surface area contributed by atoms with E-state index in [1.54, 1.807) is 18.2 Å². The number of anilines is 1. The number of nitrogens with zero attached hydrogens (tertiary/aromatic N) is 3. The van der Waals surface area contributed by atoms with Crippen molar-refractivity contribution in [2.45, 2.75) is 31.6 Å². The first-order valence-corrected chi connectivity index (χ1v) is 9.25. The summed E-state index contributed by atoms with van der Waals surface area (Å²) < 4.78 is 42.6. The molecular weight excluding hydrogens is 383 g/mol. The number of hydrogen-bond donors (Lipinski definition) is 0. The van der Waals surface area contributed by atoms with Crippen LogP contribution in [0.1, 0.15) is 36.2 Å². The average Bonchev–Trinajstić information content (AvgIpc) is 2.96. The Morgan fingerprint density at radius 1 is 1.14 bits per heavy atom. The van der Waals surface area contributed by atoms with Crippen LogP contribution in [0.5, 0.6) is 0 Å². The third kappa shape index (κ3) is 3.79. The molecule has 0 N–H and O–H groups in total. The van der Waals surface area contributed by atoms with Crippen LogP contribution in [-0.2, 0) is 4.79 Å². The molecule has 2 fully saturated rings.